The van der Waals surface area contributed by atoms with Crippen LogP contribution in [0, 0.1) is 0 Å². The van der Waals surface area contributed by atoms with Crippen LogP contribution in [0.15, 0.2) is 29.2 Å². The first-order chi connectivity index (χ1) is 11.0. The van der Waals surface area contributed by atoms with Gasteiger partial charge in [0, 0.05) is 6.61 Å². The zero-order chi connectivity index (χ0) is 16.4. The summed E-state index contributed by atoms with van der Waals surface area (Å²) in [6.45, 7) is 5.71. The lowest BCUT2D eigenvalue weighted by Gasteiger charge is -2.18. The van der Waals surface area contributed by atoms with Gasteiger partial charge in [-0.05, 0) is 36.0 Å². The molecule has 0 N–H and O–H groups in total. The highest BCUT2D eigenvalue weighted by Crippen LogP contribution is 2.33. The highest BCUT2D eigenvalue weighted by Gasteiger charge is 2.34. The maximum absolute atomic E-state index is 12.6. The molecule has 122 valence electrons. The van der Waals surface area contributed by atoms with Crippen LogP contribution in [0.1, 0.15) is 43.7 Å². The Hall–Kier alpha value is -1.17. The van der Waals surface area contributed by atoms with Crippen LogP contribution >= 0.6 is 24.0 Å². The number of rotatable bonds is 4. The molecule has 0 unspecified atom stereocenters. The second-order valence-corrected chi connectivity index (χ2v) is 7.92. The molecule has 3 nitrogen and oxygen atoms in total. The molecule has 2 aliphatic heterocycles. The fourth-order valence-electron chi connectivity index (χ4n) is 2.78. The summed E-state index contributed by atoms with van der Waals surface area (Å²) in [7, 11) is 0. The van der Waals surface area contributed by atoms with Gasteiger partial charge in [-0.25, -0.2) is 0 Å². The van der Waals surface area contributed by atoms with Crippen molar-refractivity contribution in [2.75, 3.05) is 13.2 Å². The van der Waals surface area contributed by atoms with Gasteiger partial charge in [-0.3, -0.25) is 9.69 Å². The Kier molecular flexibility index (Phi) is 5.19. The number of thioether (sulfide) groups is 1. The molecule has 0 bridgehead atoms. The van der Waals surface area contributed by atoms with E-state index in [1.807, 2.05) is 6.08 Å². The average Bonchev–Trinajstić information content (AvgIpc) is 3.12. The van der Waals surface area contributed by atoms with Crippen LogP contribution in [-0.4, -0.2) is 34.4 Å². The van der Waals surface area contributed by atoms with Crippen molar-refractivity contribution in [3.8, 4) is 0 Å². The van der Waals surface area contributed by atoms with Crippen molar-refractivity contribution in [2.45, 2.75) is 38.7 Å². The molecule has 0 radical (unpaired) electrons. The molecular weight excluding hydrogens is 326 g/mol. The SMILES string of the molecule is CC(C)c1ccc(/C=C2\SC(=S)N(C[C@H]3CCCO3)C2=O)cc1. The Morgan fingerprint density at radius 1 is 1.39 bits per heavy atom. The van der Waals surface area contributed by atoms with E-state index in [-0.39, 0.29) is 12.0 Å². The third kappa shape index (κ3) is 3.84. The van der Waals surface area contributed by atoms with E-state index < -0.39 is 0 Å². The number of hydrogen-bond acceptors (Lipinski definition) is 4. The zero-order valence-electron chi connectivity index (χ0n) is 13.5. The summed E-state index contributed by atoms with van der Waals surface area (Å²) in [6, 6.07) is 8.34. The molecule has 2 fully saturated rings. The van der Waals surface area contributed by atoms with Gasteiger partial charge in [0.1, 0.15) is 4.32 Å². The van der Waals surface area contributed by atoms with Crippen LogP contribution in [-0.2, 0) is 9.53 Å². The van der Waals surface area contributed by atoms with Crippen LogP contribution in [0.2, 0.25) is 0 Å². The van der Waals surface area contributed by atoms with E-state index in [1.54, 1.807) is 4.90 Å². The molecule has 5 heteroatoms. The van der Waals surface area contributed by atoms with Gasteiger partial charge in [-0.1, -0.05) is 62.1 Å². The monoisotopic (exact) mass is 347 g/mol. The van der Waals surface area contributed by atoms with Crippen molar-refractivity contribution in [3.63, 3.8) is 0 Å². The van der Waals surface area contributed by atoms with Crippen molar-refractivity contribution in [1.29, 1.82) is 0 Å². The first kappa shape index (κ1) is 16.7. The zero-order valence-corrected chi connectivity index (χ0v) is 15.1. The Balaban J connectivity index is 1.72. The van der Waals surface area contributed by atoms with E-state index in [9.17, 15) is 4.79 Å². The van der Waals surface area contributed by atoms with Gasteiger partial charge >= 0.3 is 0 Å². The summed E-state index contributed by atoms with van der Waals surface area (Å²) in [6.07, 6.45) is 4.13. The predicted molar refractivity (Wildman–Crippen MR) is 99.4 cm³/mol. The number of hydrogen-bond donors (Lipinski definition) is 0. The third-order valence-electron chi connectivity index (χ3n) is 4.18. The van der Waals surface area contributed by atoms with Gasteiger partial charge in [0.25, 0.3) is 5.91 Å². The van der Waals surface area contributed by atoms with Gasteiger partial charge in [0.15, 0.2) is 0 Å². The van der Waals surface area contributed by atoms with Crippen molar-refractivity contribution >= 4 is 40.3 Å². The van der Waals surface area contributed by atoms with Gasteiger partial charge < -0.3 is 4.74 Å². The quantitative estimate of drug-likeness (QED) is 0.603. The predicted octanol–water partition coefficient (Wildman–Crippen LogP) is 4.19. The summed E-state index contributed by atoms with van der Waals surface area (Å²) in [5.74, 6) is 0.511. The molecule has 2 saturated heterocycles. The van der Waals surface area contributed by atoms with E-state index in [4.69, 9.17) is 17.0 Å². The number of thiocarbonyl (C=S) groups is 1. The summed E-state index contributed by atoms with van der Waals surface area (Å²) in [5, 5.41) is 0. The number of ether oxygens (including phenoxy) is 1. The second kappa shape index (κ2) is 7.16. The topological polar surface area (TPSA) is 29.5 Å². The van der Waals surface area contributed by atoms with Crippen LogP contribution in [0.5, 0.6) is 0 Å². The van der Waals surface area contributed by atoms with Crippen molar-refractivity contribution in [2.24, 2.45) is 0 Å². The number of nitrogens with zero attached hydrogens (tertiary/aromatic N) is 1. The van der Waals surface area contributed by atoms with Crippen LogP contribution in [0.3, 0.4) is 0 Å². The van der Waals surface area contributed by atoms with Crippen LogP contribution < -0.4 is 0 Å². The fraction of sp³-hybridized carbons (Fsp3) is 0.444. The first-order valence-electron chi connectivity index (χ1n) is 8.01. The normalized spacial score (nSPS) is 23.5. The van der Waals surface area contributed by atoms with Crippen LogP contribution in [0.25, 0.3) is 6.08 Å². The molecule has 1 aromatic rings. The number of carbonyl (C=O) groups excluding carboxylic acids is 1. The minimum Gasteiger partial charge on any atom is -0.376 e. The van der Waals surface area contributed by atoms with Crippen molar-refractivity contribution in [1.82, 2.24) is 4.90 Å². The number of amides is 1. The second-order valence-electron chi connectivity index (χ2n) is 6.25. The van der Waals surface area contributed by atoms with Crippen molar-refractivity contribution < 1.29 is 9.53 Å². The fourth-order valence-corrected chi connectivity index (χ4v) is 4.05. The standard InChI is InChI=1S/C18H21NO2S2/c1-12(2)14-7-5-13(6-8-14)10-16-17(20)19(18(22)23-16)11-15-4-3-9-21-15/h5-8,10,12,15H,3-4,9,11H2,1-2H3/b16-10-/t15-/m1/s1. The summed E-state index contributed by atoms with van der Waals surface area (Å²) >= 11 is 6.76. The van der Waals surface area contributed by atoms with Gasteiger partial charge in [-0.15, -0.1) is 0 Å². The molecule has 1 aromatic carbocycles. The maximum atomic E-state index is 12.6. The lowest BCUT2D eigenvalue weighted by Crippen LogP contribution is -2.35. The van der Waals surface area contributed by atoms with Gasteiger partial charge in [0.2, 0.25) is 0 Å². The summed E-state index contributed by atoms with van der Waals surface area (Å²) in [5.41, 5.74) is 2.33. The highest BCUT2D eigenvalue weighted by atomic mass is 32.2. The van der Waals surface area contributed by atoms with E-state index in [0.717, 1.165) is 25.0 Å². The molecule has 1 amide bonds. The summed E-state index contributed by atoms with van der Waals surface area (Å²) in [4.78, 5) is 15.0. The third-order valence-corrected chi connectivity index (χ3v) is 5.56. The molecule has 23 heavy (non-hydrogen) atoms. The van der Waals surface area contributed by atoms with Gasteiger partial charge in [0.05, 0.1) is 17.6 Å². The Bertz CT molecular complexity index is 631. The Labute approximate surface area is 147 Å². The molecule has 1 atom stereocenters. The largest absolute Gasteiger partial charge is 0.376 e. The lowest BCUT2D eigenvalue weighted by atomic mass is 10.0. The number of benzene rings is 1. The molecule has 2 heterocycles. The molecule has 0 spiro atoms. The van der Waals surface area contributed by atoms with Crippen molar-refractivity contribution in [3.05, 3.63) is 40.3 Å². The van der Waals surface area contributed by atoms with E-state index >= 15 is 0 Å². The Morgan fingerprint density at radius 2 is 2.13 bits per heavy atom. The van der Waals surface area contributed by atoms with Gasteiger partial charge in [-0.2, -0.15) is 0 Å². The first-order valence-corrected chi connectivity index (χ1v) is 9.24. The lowest BCUT2D eigenvalue weighted by molar-refractivity contribution is -0.123. The molecule has 2 aliphatic rings. The minimum absolute atomic E-state index is 0.00318. The molecular formula is C18H21NO2S2. The van der Waals surface area contributed by atoms with Crippen LogP contribution in [0.4, 0.5) is 0 Å². The maximum Gasteiger partial charge on any atom is 0.266 e. The highest BCUT2D eigenvalue weighted by molar-refractivity contribution is 8.26. The molecule has 0 aliphatic carbocycles. The molecule has 0 aromatic heterocycles. The molecule has 3 rings (SSSR count). The minimum atomic E-state index is 0.00318. The summed E-state index contributed by atoms with van der Waals surface area (Å²) < 4.78 is 6.25. The Morgan fingerprint density at radius 3 is 2.74 bits per heavy atom. The smallest absolute Gasteiger partial charge is 0.266 e. The van der Waals surface area contributed by atoms with E-state index in [2.05, 4.69) is 38.1 Å². The number of carbonyl (C=O) groups is 1. The molecule has 0 saturated carbocycles. The van der Waals surface area contributed by atoms with E-state index in [0.29, 0.717) is 21.7 Å². The van der Waals surface area contributed by atoms with E-state index in [1.165, 1.54) is 17.3 Å². The average molecular weight is 348 g/mol.